The number of nitrogens with zero attached hydrogens (tertiary/aromatic N) is 4. The monoisotopic (exact) mass is 619 g/mol. The van der Waals surface area contributed by atoms with Crippen molar-refractivity contribution < 1.29 is 19.0 Å². The van der Waals surface area contributed by atoms with E-state index in [0.29, 0.717) is 54.7 Å². The number of phenols is 1. The minimum absolute atomic E-state index is 0.0377. The minimum atomic E-state index is -0.557. The van der Waals surface area contributed by atoms with Gasteiger partial charge in [0.05, 0.1) is 24.8 Å². The van der Waals surface area contributed by atoms with Gasteiger partial charge in [0.1, 0.15) is 17.1 Å². The average Bonchev–Trinajstić information content (AvgIpc) is 3.33. The Morgan fingerprint density at radius 1 is 1.11 bits per heavy atom. The normalized spacial score (nSPS) is 23.5. The predicted octanol–water partition coefficient (Wildman–Crippen LogP) is 6.16. The summed E-state index contributed by atoms with van der Waals surface area (Å²) >= 11 is 6.87. The number of hydrogen-bond donors (Lipinski definition) is 2. The molecule has 7 rings (SSSR count). The summed E-state index contributed by atoms with van der Waals surface area (Å²) in [5.41, 5.74) is 0.812. The van der Waals surface area contributed by atoms with Crippen LogP contribution in [0.2, 0.25) is 5.02 Å². The maximum Gasteiger partial charge on any atom is 0.319 e. The molecular weight excluding hydrogens is 581 g/mol. The van der Waals surface area contributed by atoms with Crippen molar-refractivity contribution in [1.82, 2.24) is 20.2 Å². The van der Waals surface area contributed by atoms with Gasteiger partial charge in [-0.25, -0.2) is 4.39 Å². The highest BCUT2D eigenvalue weighted by Crippen LogP contribution is 2.43. The van der Waals surface area contributed by atoms with E-state index < -0.39 is 5.82 Å². The molecule has 3 aliphatic heterocycles. The molecule has 3 aliphatic rings. The van der Waals surface area contributed by atoms with Crippen molar-refractivity contribution in [2.45, 2.75) is 63.7 Å². The van der Waals surface area contributed by atoms with Gasteiger partial charge in [-0.05, 0) is 74.6 Å². The van der Waals surface area contributed by atoms with Crippen molar-refractivity contribution in [3.8, 4) is 22.9 Å². The second kappa shape index (κ2) is 11.6. The molecule has 3 saturated heterocycles. The van der Waals surface area contributed by atoms with E-state index in [4.69, 9.17) is 26.1 Å². The Morgan fingerprint density at radius 2 is 1.89 bits per heavy atom. The average molecular weight is 620 g/mol. The Morgan fingerprint density at radius 3 is 2.66 bits per heavy atom. The van der Waals surface area contributed by atoms with E-state index in [9.17, 15) is 5.11 Å². The molecule has 0 spiro atoms. The van der Waals surface area contributed by atoms with E-state index >= 15 is 4.39 Å². The maximum absolute atomic E-state index is 16.8. The molecule has 3 fully saturated rings. The van der Waals surface area contributed by atoms with E-state index in [1.54, 1.807) is 18.2 Å². The van der Waals surface area contributed by atoms with Crippen LogP contribution in [0.25, 0.3) is 32.8 Å². The predicted molar refractivity (Wildman–Crippen MR) is 172 cm³/mol. The van der Waals surface area contributed by atoms with Crippen LogP contribution in [0.1, 0.15) is 40.0 Å². The van der Waals surface area contributed by atoms with Crippen LogP contribution in [-0.2, 0) is 4.74 Å². The Balaban J connectivity index is 1.27. The standard InChI is InChI=1S/C34H39ClFN5O3/c1-20-18-43-19-34(2,3)41(20)11-6-12-44-33-38-31-27(32(39-33)40-16-22-9-10-23(17-40)37-22)15-28(35)29(30(31)36)26-14-24(42)13-21-7-4-5-8-25(21)26/h4-5,7-8,13-15,20,22-23,37,42H,6,9-12,16-19H2,1-3H3. The third kappa shape index (κ3) is 5.44. The molecule has 3 aromatic carbocycles. The van der Waals surface area contributed by atoms with Gasteiger partial charge in [-0.1, -0.05) is 35.9 Å². The smallest absolute Gasteiger partial charge is 0.319 e. The van der Waals surface area contributed by atoms with Gasteiger partial charge in [-0.15, -0.1) is 0 Å². The summed E-state index contributed by atoms with van der Waals surface area (Å²) in [6.07, 6.45) is 2.98. The Kier molecular flexibility index (Phi) is 7.77. The molecule has 0 aliphatic carbocycles. The topological polar surface area (TPSA) is 83.0 Å². The highest BCUT2D eigenvalue weighted by Gasteiger charge is 2.36. The molecule has 3 unspecified atom stereocenters. The lowest BCUT2D eigenvalue weighted by Gasteiger charge is -2.46. The number of ether oxygens (including phenoxy) is 2. The Labute approximate surface area is 262 Å². The van der Waals surface area contributed by atoms with Gasteiger partial charge < -0.3 is 24.8 Å². The van der Waals surface area contributed by atoms with Crippen molar-refractivity contribution >= 4 is 39.1 Å². The van der Waals surface area contributed by atoms with E-state index in [1.165, 1.54) is 0 Å². The van der Waals surface area contributed by atoms with Gasteiger partial charge in [-0.3, -0.25) is 4.90 Å². The molecule has 44 heavy (non-hydrogen) atoms. The third-order valence-corrected chi connectivity index (χ3v) is 9.67. The number of hydrogen-bond acceptors (Lipinski definition) is 8. The van der Waals surface area contributed by atoms with E-state index in [1.807, 2.05) is 24.3 Å². The molecule has 1 aromatic heterocycles. The molecular formula is C34H39ClFN5O3. The Bertz CT molecular complexity index is 1710. The molecule has 4 heterocycles. The number of fused-ring (bicyclic) bond motifs is 4. The first-order chi connectivity index (χ1) is 21.2. The molecule has 232 valence electrons. The third-order valence-electron chi connectivity index (χ3n) is 9.37. The summed E-state index contributed by atoms with van der Waals surface area (Å²) in [5, 5.41) is 16.5. The van der Waals surface area contributed by atoms with Gasteiger partial charge in [-0.2, -0.15) is 9.97 Å². The number of piperazine rings is 1. The van der Waals surface area contributed by atoms with Crippen LogP contribution >= 0.6 is 11.6 Å². The fraction of sp³-hybridized carbons (Fsp3) is 0.471. The zero-order valence-corrected chi connectivity index (χ0v) is 26.2. The van der Waals surface area contributed by atoms with Gasteiger partial charge in [0.25, 0.3) is 0 Å². The number of halogens is 2. The highest BCUT2D eigenvalue weighted by molar-refractivity contribution is 6.35. The molecule has 0 saturated carbocycles. The lowest BCUT2D eigenvalue weighted by Crippen LogP contribution is -2.57. The second-order valence-corrected chi connectivity index (χ2v) is 13.5. The van der Waals surface area contributed by atoms with E-state index in [2.05, 4.69) is 40.9 Å². The lowest BCUT2D eigenvalue weighted by atomic mass is 9.96. The summed E-state index contributed by atoms with van der Waals surface area (Å²) in [7, 11) is 0. The van der Waals surface area contributed by atoms with Gasteiger partial charge >= 0.3 is 6.01 Å². The first-order valence-electron chi connectivity index (χ1n) is 15.6. The molecule has 10 heteroatoms. The van der Waals surface area contributed by atoms with Crippen LogP contribution in [0.15, 0.2) is 42.5 Å². The molecule has 0 amide bonds. The van der Waals surface area contributed by atoms with Crippen LogP contribution < -0.4 is 15.0 Å². The fourth-order valence-electron chi connectivity index (χ4n) is 7.35. The van der Waals surface area contributed by atoms with Crippen molar-refractivity contribution in [2.75, 3.05) is 44.4 Å². The van der Waals surface area contributed by atoms with Gasteiger partial charge in [0.2, 0.25) is 0 Å². The number of aromatic hydroxyl groups is 1. The first-order valence-corrected chi connectivity index (χ1v) is 16.0. The number of rotatable bonds is 7. The zero-order chi connectivity index (χ0) is 30.6. The molecule has 2 bridgehead atoms. The van der Waals surface area contributed by atoms with Crippen LogP contribution in [0.4, 0.5) is 10.2 Å². The SMILES string of the molecule is CC1COCC(C)(C)N1CCCOc1nc(N2CC3CCC(C2)N3)c2cc(Cl)c(-c3cc(O)cc4ccccc34)c(F)c2n1. The number of benzene rings is 3. The second-order valence-electron chi connectivity index (χ2n) is 13.1. The summed E-state index contributed by atoms with van der Waals surface area (Å²) in [6.45, 7) is 10.8. The molecule has 4 aromatic rings. The molecule has 2 N–H and O–H groups in total. The Hall–Kier alpha value is -3.24. The van der Waals surface area contributed by atoms with Gasteiger partial charge in [0.15, 0.2) is 5.82 Å². The number of nitrogens with one attached hydrogen (secondary N) is 1. The summed E-state index contributed by atoms with van der Waals surface area (Å²) in [4.78, 5) is 14.2. The van der Waals surface area contributed by atoms with Crippen molar-refractivity contribution in [3.63, 3.8) is 0 Å². The lowest BCUT2D eigenvalue weighted by molar-refractivity contribution is -0.0849. The maximum atomic E-state index is 16.8. The van der Waals surface area contributed by atoms with Crippen molar-refractivity contribution in [2.24, 2.45) is 0 Å². The number of morpholine rings is 1. The van der Waals surface area contributed by atoms with Crippen LogP contribution in [0, 0.1) is 5.82 Å². The highest BCUT2D eigenvalue weighted by atomic mass is 35.5. The zero-order valence-electron chi connectivity index (χ0n) is 25.4. The van der Waals surface area contributed by atoms with Crippen LogP contribution in [-0.4, -0.2) is 83.1 Å². The number of phenolic OH excluding ortho intramolecular Hbond substituents is 1. The van der Waals surface area contributed by atoms with Crippen molar-refractivity contribution in [3.05, 3.63) is 53.3 Å². The first kappa shape index (κ1) is 29.5. The number of aromatic nitrogens is 2. The summed E-state index contributed by atoms with van der Waals surface area (Å²) in [6, 6.07) is 13.7. The fourth-order valence-corrected chi connectivity index (χ4v) is 7.65. The van der Waals surface area contributed by atoms with E-state index in [-0.39, 0.29) is 33.4 Å². The van der Waals surface area contributed by atoms with E-state index in [0.717, 1.165) is 49.7 Å². The molecule has 3 atom stereocenters. The summed E-state index contributed by atoms with van der Waals surface area (Å²) < 4.78 is 28.7. The van der Waals surface area contributed by atoms with Crippen LogP contribution in [0.5, 0.6) is 11.8 Å². The minimum Gasteiger partial charge on any atom is -0.508 e. The molecule has 0 radical (unpaired) electrons. The van der Waals surface area contributed by atoms with Crippen LogP contribution in [0.3, 0.4) is 0 Å². The quantitative estimate of drug-likeness (QED) is 0.238. The van der Waals surface area contributed by atoms with Crippen molar-refractivity contribution in [1.29, 1.82) is 0 Å². The summed E-state index contributed by atoms with van der Waals surface area (Å²) in [5.74, 6) is 0.119. The largest absolute Gasteiger partial charge is 0.508 e. The molecule has 8 nitrogen and oxygen atoms in total. The van der Waals surface area contributed by atoms with Gasteiger partial charge in [0, 0.05) is 54.2 Å². The number of anilines is 1.